The van der Waals surface area contributed by atoms with Crippen molar-refractivity contribution in [1.82, 2.24) is 14.1 Å². The van der Waals surface area contributed by atoms with Crippen LogP contribution in [0.3, 0.4) is 0 Å². The number of benzene rings is 2. The third kappa shape index (κ3) is 4.12. The number of rotatable bonds is 4. The second kappa shape index (κ2) is 8.62. The van der Waals surface area contributed by atoms with E-state index in [0.29, 0.717) is 37.7 Å². The van der Waals surface area contributed by atoms with E-state index in [1.54, 1.807) is 36.2 Å². The maximum atomic E-state index is 13.3. The average molecular weight is 494 g/mol. The number of carbonyl (C=O) groups is 1. The van der Waals surface area contributed by atoms with Crippen LogP contribution in [0.1, 0.15) is 16.7 Å². The summed E-state index contributed by atoms with van der Waals surface area (Å²) in [6, 6.07) is 13.8. The van der Waals surface area contributed by atoms with Crippen LogP contribution in [0.15, 0.2) is 58.2 Å². The Bertz CT molecular complexity index is 1490. The first kappa shape index (κ1) is 23.3. The second-order valence-corrected chi connectivity index (χ2v) is 11.0. The van der Waals surface area contributed by atoms with Crippen LogP contribution in [0.4, 0.5) is 11.5 Å². The molecule has 0 aliphatic carbocycles. The van der Waals surface area contributed by atoms with E-state index in [2.05, 4.69) is 5.10 Å². The Morgan fingerprint density at radius 3 is 2.31 bits per heavy atom. The fourth-order valence-corrected chi connectivity index (χ4v) is 6.00. The summed E-state index contributed by atoms with van der Waals surface area (Å²) in [4.78, 5) is 28.2. The molecular formula is C25H27N5O4S. The summed E-state index contributed by atoms with van der Waals surface area (Å²) in [5.41, 5.74) is 4.17. The molecule has 0 unspecified atom stereocenters. The van der Waals surface area contributed by atoms with Crippen LogP contribution in [0.25, 0.3) is 5.69 Å². The minimum absolute atomic E-state index is 0.0437. The lowest BCUT2D eigenvalue weighted by molar-refractivity contribution is -0.117. The molecule has 182 valence electrons. The molecule has 3 heterocycles. The Hall–Kier alpha value is -3.50. The lowest BCUT2D eigenvalue weighted by Gasteiger charge is -2.34. The lowest BCUT2D eigenvalue weighted by atomic mass is 10.1. The van der Waals surface area contributed by atoms with Gasteiger partial charge in [-0.25, -0.2) is 8.42 Å². The standard InChI is InChI=1S/C25H27N5O4S/c1-17-4-5-20(14-18(17)2)30-24(31)9-8-23(26-30)28-10-12-29(13-11-28)35(33,34)21-6-7-22-19(15-21)16-25(32)27(22)3/h4-9,14-15H,10-13,16H2,1-3H3. The van der Waals surface area contributed by atoms with Crippen LogP contribution < -0.4 is 15.4 Å². The van der Waals surface area contributed by atoms with Crippen molar-refractivity contribution >= 4 is 27.4 Å². The van der Waals surface area contributed by atoms with Crippen molar-refractivity contribution in [2.45, 2.75) is 25.2 Å². The summed E-state index contributed by atoms with van der Waals surface area (Å²) in [5.74, 6) is 0.580. The summed E-state index contributed by atoms with van der Waals surface area (Å²) < 4.78 is 29.4. The minimum atomic E-state index is -3.69. The van der Waals surface area contributed by atoms with Crippen LogP contribution in [0, 0.1) is 13.8 Å². The summed E-state index contributed by atoms with van der Waals surface area (Å²) >= 11 is 0. The molecule has 0 atom stereocenters. The van der Waals surface area contributed by atoms with Crippen LogP contribution in [0.2, 0.25) is 0 Å². The predicted molar refractivity (Wildman–Crippen MR) is 134 cm³/mol. The molecular weight excluding hydrogens is 466 g/mol. The Labute approximate surface area is 204 Å². The Morgan fingerprint density at radius 2 is 1.60 bits per heavy atom. The fourth-order valence-electron chi connectivity index (χ4n) is 4.53. The molecule has 0 saturated carbocycles. The van der Waals surface area contributed by atoms with Gasteiger partial charge in [-0.2, -0.15) is 8.99 Å². The van der Waals surface area contributed by atoms with Gasteiger partial charge in [0.25, 0.3) is 5.56 Å². The summed E-state index contributed by atoms with van der Waals surface area (Å²) in [7, 11) is -2.00. The van der Waals surface area contributed by atoms with Gasteiger partial charge in [0.1, 0.15) is 5.82 Å². The van der Waals surface area contributed by atoms with Gasteiger partial charge < -0.3 is 9.80 Å². The van der Waals surface area contributed by atoms with Gasteiger partial charge >= 0.3 is 0 Å². The molecule has 5 rings (SSSR count). The number of carbonyl (C=O) groups excluding carboxylic acids is 1. The smallest absolute Gasteiger partial charge is 0.271 e. The van der Waals surface area contributed by atoms with E-state index in [1.807, 2.05) is 36.9 Å². The normalized spacial score (nSPS) is 16.6. The third-order valence-corrected chi connectivity index (χ3v) is 8.74. The highest BCUT2D eigenvalue weighted by atomic mass is 32.2. The van der Waals surface area contributed by atoms with Gasteiger partial charge in [-0.3, -0.25) is 9.59 Å². The third-order valence-electron chi connectivity index (χ3n) is 6.85. The first-order valence-electron chi connectivity index (χ1n) is 11.5. The molecule has 2 aliphatic heterocycles. The molecule has 1 fully saturated rings. The van der Waals surface area contributed by atoms with Gasteiger partial charge in [-0.15, -0.1) is 5.10 Å². The molecule has 0 radical (unpaired) electrons. The van der Waals surface area contributed by atoms with Gasteiger partial charge in [0.2, 0.25) is 15.9 Å². The highest BCUT2D eigenvalue weighted by Gasteiger charge is 2.31. The average Bonchev–Trinajstić information content (AvgIpc) is 3.14. The molecule has 0 spiro atoms. The Morgan fingerprint density at radius 1 is 0.857 bits per heavy atom. The first-order chi connectivity index (χ1) is 16.6. The van der Waals surface area contributed by atoms with Crippen LogP contribution in [-0.4, -0.2) is 61.6 Å². The Balaban J connectivity index is 1.34. The zero-order valence-electron chi connectivity index (χ0n) is 19.9. The zero-order chi connectivity index (χ0) is 24.9. The molecule has 35 heavy (non-hydrogen) atoms. The van der Waals surface area contributed by atoms with Crippen molar-refractivity contribution in [2.75, 3.05) is 43.0 Å². The Kier molecular flexibility index (Phi) is 5.72. The SMILES string of the molecule is Cc1ccc(-n2nc(N3CCN(S(=O)(=O)c4ccc5c(c4)CC(=O)N5C)CC3)ccc2=O)cc1C. The summed E-state index contributed by atoms with van der Waals surface area (Å²) in [5, 5.41) is 4.56. The largest absolute Gasteiger partial charge is 0.353 e. The molecule has 3 aromatic rings. The number of sulfonamides is 1. The molecule has 0 bridgehead atoms. The summed E-state index contributed by atoms with van der Waals surface area (Å²) in [6.45, 7) is 5.49. The monoisotopic (exact) mass is 493 g/mol. The maximum absolute atomic E-state index is 13.3. The zero-order valence-corrected chi connectivity index (χ0v) is 20.7. The molecule has 9 nitrogen and oxygen atoms in total. The topological polar surface area (TPSA) is 95.8 Å². The van der Waals surface area contributed by atoms with E-state index in [1.165, 1.54) is 15.1 Å². The van der Waals surface area contributed by atoms with Gasteiger partial charge in [0.05, 0.1) is 17.0 Å². The molecule has 2 aliphatic rings. The van der Waals surface area contributed by atoms with Crippen molar-refractivity contribution in [1.29, 1.82) is 0 Å². The second-order valence-electron chi connectivity index (χ2n) is 9.02. The van der Waals surface area contributed by atoms with E-state index < -0.39 is 10.0 Å². The molecule has 1 aromatic heterocycles. The number of piperazine rings is 1. The van der Waals surface area contributed by atoms with E-state index in [9.17, 15) is 18.0 Å². The number of fused-ring (bicyclic) bond motifs is 1. The van der Waals surface area contributed by atoms with Crippen molar-refractivity contribution in [3.63, 3.8) is 0 Å². The number of likely N-dealkylation sites (N-methyl/N-ethyl adjacent to an activating group) is 1. The highest BCUT2D eigenvalue weighted by molar-refractivity contribution is 7.89. The minimum Gasteiger partial charge on any atom is -0.353 e. The van der Waals surface area contributed by atoms with E-state index >= 15 is 0 Å². The number of aryl methyl sites for hydroxylation is 2. The fraction of sp³-hybridized carbons (Fsp3) is 0.320. The number of amides is 1. The van der Waals surface area contributed by atoms with Crippen LogP contribution in [0.5, 0.6) is 0 Å². The quantitative estimate of drug-likeness (QED) is 0.551. The number of hydrogen-bond donors (Lipinski definition) is 0. The van der Waals surface area contributed by atoms with Crippen molar-refractivity contribution in [3.05, 3.63) is 75.6 Å². The first-order valence-corrected chi connectivity index (χ1v) is 12.9. The molecule has 2 aromatic carbocycles. The lowest BCUT2D eigenvalue weighted by Crippen LogP contribution is -2.49. The van der Waals surface area contributed by atoms with Gasteiger partial charge in [-0.1, -0.05) is 6.07 Å². The highest BCUT2D eigenvalue weighted by Crippen LogP contribution is 2.31. The number of nitrogens with zero attached hydrogens (tertiary/aromatic N) is 5. The van der Waals surface area contributed by atoms with E-state index in [-0.39, 0.29) is 22.8 Å². The number of hydrogen-bond acceptors (Lipinski definition) is 6. The van der Waals surface area contributed by atoms with Gasteiger partial charge in [0.15, 0.2) is 0 Å². The summed E-state index contributed by atoms with van der Waals surface area (Å²) in [6.07, 6.45) is 0.213. The predicted octanol–water partition coefficient (Wildman–Crippen LogP) is 1.88. The van der Waals surface area contributed by atoms with E-state index in [4.69, 9.17) is 0 Å². The van der Waals surface area contributed by atoms with Crippen LogP contribution in [-0.2, 0) is 21.2 Å². The molecule has 10 heteroatoms. The maximum Gasteiger partial charge on any atom is 0.271 e. The van der Waals surface area contributed by atoms with Crippen molar-refractivity contribution < 1.29 is 13.2 Å². The number of aromatic nitrogens is 2. The molecule has 1 saturated heterocycles. The van der Waals surface area contributed by atoms with Crippen molar-refractivity contribution in [2.24, 2.45) is 0 Å². The number of anilines is 2. The van der Waals surface area contributed by atoms with Gasteiger partial charge in [-0.05, 0) is 66.9 Å². The molecule has 0 N–H and O–H groups in total. The van der Waals surface area contributed by atoms with Gasteiger partial charge in [0, 0.05) is 45.0 Å². The van der Waals surface area contributed by atoms with Crippen LogP contribution >= 0.6 is 0 Å². The molecule has 1 amide bonds. The van der Waals surface area contributed by atoms with E-state index in [0.717, 1.165) is 22.4 Å². The van der Waals surface area contributed by atoms with Crippen molar-refractivity contribution in [3.8, 4) is 5.69 Å².